The second-order valence-corrected chi connectivity index (χ2v) is 11.0. The van der Waals surface area contributed by atoms with E-state index in [1.54, 1.807) is 60.0 Å². The number of amides is 1. The Hall–Kier alpha value is -3.52. The minimum atomic E-state index is -1.25. The number of carbonyl (C=O) groups is 3. The van der Waals surface area contributed by atoms with E-state index in [1.807, 2.05) is 41.8 Å². The minimum Gasteiger partial charge on any atom is -0.480 e. The lowest BCUT2D eigenvalue weighted by Crippen LogP contribution is -2.46. The third kappa shape index (κ3) is 5.03. The maximum absolute atomic E-state index is 14.0. The highest BCUT2D eigenvalue weighted by Gasteiger charge is 2.56. The van der Waals surface area contributed by atoms with Crippen LogP contribution >= 0.6 is 34.3 Å². The topological polar surface area (TPSA) is 74.7 Å². The van der Waals surface area contributed by atoms with Crippen molar-refractivity contribution in [1.82, 2.24) is 4.90 Å². The smallest absolute Gasteiger partial charge is 0.327 e. The Morgan fingerprint density at radius 1 is 0.838 bits per heavy atom. The summed E-state index contributed by atoms with van der Waals surface area (Å²) < 4.78 is 0. The molecule has 0 radical (unpaired) electrons. The Morgan fingerprint density at radius 2 is 1.49 bits per heavy atom. The molecule has 0 aliphatic carbocycles. The van der Waals surface area contributed by atoms with Crippen LogP contribution in [-0.2, 0) is 4.79 Å². The van der Waals surface area contributed by atoms with Crippen LogP contribution in [0.1, 0.15) is 36.4 Å². The van der Waals surface area contributed by atoms with Gasteiger partial charge >= 0.3 is 5.97 Å². The molecule has 1 aliphatic rings. The first-order chi connectivity index (χ1) is 18.0. The highest BCUT2D eigenvalue weighted by molar-refractivity contribution is 7.12. The lowest BCUT2D eigenvalue weighted by Gasteiger charge is -2.27. The van der Waals surface area contributed by atoms with Crippen molar-refractivity contribution in [3.05, 3.63) is 122 Å². The molecule has 4 atom stereocenters. The molecule has 2 aromatic carbocycles. The van der Waals surface area contributed by atoms with Crippen LogP contribution in [0.25, 0.3) is 6.08 Å². The lowest BCUT2D eigenvalue weighted by molar-refractivity contribution is -0.142. The van der Waals surface area contributed by atoms with Gasteiger partial charge in [-0.3, -0.25) is 9.59 Å². The number of nitrogens with zero attached hydrogens (tertiary/aromatic N) is 1. The van der Waals surface area contributed by atoms with Crippen LogP contribution < -0.4 is 0 Å². The van der Waals surface area contributed by atoms with E-state index in [4.69, 9.17) is 11.6 Å². The number of hydrogen-bond donors (Lipinski definition) is 1. The van der Waals surface area contributed by atoms with Crippen molar-refractivity contribution in [3.63, 3.8) is 0 Å². The van der Waals surface area contributed by atoms with Gasteiger partial charge in [-0.15, -0.1) is 22.7 Å². The Labute approximate surface area is 227 Å². The Kier molecular flexibility index (Phi) is 7.37. The van der Waals surface area contributed by atoms with Gasteiger partial charge in [0, 0.05) is 10.9 Å². The molecule has 4 aromatic rings. The second kappa shape index (κ2) is 10.8. The summed E-state index contributed by atoms with van der Waals surface area (Å²) in [5.41, 5.74) is 1.53. The molecule has 37 heavy (non-hydrogen) atoms. The first-order valence-electron chi connectivity index (χ1n) is 11.6. The molecule has 0 saturated carbocycles. The van der Waals surface area contributed by atoms with Crippen molar-refractivity contribution in [2.75, 3.05) is 0 Å². The lowest BCUT2D eigenvalue weighted by atomic mass is 9.78. The normalized spacial score (nSPS) is 21.4. The second-order valence-electron chi connectivity index (χ2n) is 8.68. The summed E-state index contributed by atoms with van der Waals surface area (Å²) in [6.45, 7) is 0. The van der Waals surface area contributed by atoms with Crippen LogP contribution in [0.2, 0.25) is 5.02 Å². The van der Waals surface area contributed by atoms with Crippen molar-refractivity contribution < 1.29 is 19.5 Å². The van der Waals surface area contributed by atoms with Crippen molar-refractivity contribution in [1.29, 1.82) is 0 Å². The van der Waals surface area contributed by atoms with Crippen molar-refractivity contribution in [2.24, 2.45) is 5.92 Å². The summed E-state index contributed by atoms with van der Waals surface area (Å²) in [5, 5.41) is 14.6. The number of carbonyl (C=O) groups excluding carboxylic acids is 2. The number of aliphatic carboxylic acids is 1. The molecule has 0 bridgehead atoms. The number of rotatable bonds is 7. The highest BCUT2D eigenvalue weighted by atomic mass is 35.5. The fourth-order valence-electron chi connectivity index (χ4n) is 4.96. The zero-order chi connectivity index (χ0) is 25.9. The zero-order valence-electron chi connectivity index (χ0n) is 19.4. The standard InChI is InChI=1S/C29H22ClNO4S2/c30-20-13-11-19(12-14-20)24-25(27(32)22-8-4-16-36-22)21(15-10-18-6-2-1-3-7-18)31(26(24)29(34)35)28(33)23-9-5-17-37-23/h1-17,21,24-26H,(H,34,35). The molecule has 3 heterocycles. The molecular formula is C29H22ClNO4S2. The number of carboxylic acids is 1. The van der Waals surface area contributed by atoms with Crippen LogP contribution in [-0.4, -0.2) is 39.7 Å². The molecule has 1 saturated heterocycles. The molecule has 2 aromatic heterocycles. The highest BCUT2D eigenvalue weighted by Crippen LogP contribution is 2.46. The maximum atomic E-state index is 14.0. The van der Waals surface area contributed by atoms with Gasteiger partial charge in [-0.05, 0) is 46.2 Å². The fraction of sp³-hybridized carbons (Fsp3) is 0.138. The SMILES string of the molecule is O=C(c1cccs1)C1C(c2ccc(Cl)cc2)C(C(=O)O)N(C(=O)c2cccs2)C1C=Cc1ccccc1. The van der Waals surface area contributed by atoms with Gasteiger partial charge in [-0.2, -0.15) is 0 Å². The van der Waals surface area contributed by atoms with E-state index in [9.17, 15) is 19.5 Å². The van der Waals surface area contributed by atoms with Gasteiger partial charge in [0.2, 0.25) is 0 Å². The molecule has 1 fully saturated rings. The number of likely N-dealkylation sites (tertiary alicyclic amines) is 1. The average molecular weight is 548 g/mol. The van der Waals surface area contributed by atoms with E-state index in [2.05, 4.69) is 0 Å². The Bertz CT molecular complexity index is 1420. The maximum Gasteiger partial charge on any atom is 0.327 e. The van der Waals surface area contributed by atoms with E-state index in [0.717, 1.165) is 5.56 Å². The van der Waals surface area contributed by atoms with Gasteiger partial charge in [-0.25, -0.2) is 4.79 Å². The Morgan fingerprint density at radius 3 is 2.08 bits per heavy atom. The largest absolute Gasteiger partial charge is 0.480 e. The van der Waals surface area contributed by atoms with Gasteiger partial charge in [0.05, 0.1) is 21.7 Å². The monoisotopic (exact) mass is 547 g/mol. The molecule has 5 rings (SSSR count). The fourth-order valence-corrected chi connectivity index (χ4v) is 6.47. The molecule has 0 spiro atoms. The van der Waals surface area contributed by atoms with Gasteiger partial charge in [-0.1, -0.05) is 78.4 Å². The molecule has 5 nitrogen and oxygen atoms in total. The zero-order valence-corrected chi connectivity index (χ0v) is 21.8. The number of carboxylic acid groups (broad SMARTS) is 1. The summed E-state index contributed by atoms with van der Waals surface area (Å²) in [4.78, 5) is 43.0. The first-order valence-corrected chi connectivity index (χ1v) is 13.7. The number of Topliss-reactive ketones (excluding diaryl/α,β-unsaturated/α-hetero) is 1. The van der Waals surface area contributed by atoms with Crippen LogP contribution in [0.3, 0.4) is 0 Å². The van der Waals surface area contributed by atoms with Gasteiger partial charge in [0.15, 0.2) is 5.78 Å². The number of halogens is 1. The molecule has 1 N–H and O–H groups in total. The van der Waals surface area contributed by atoms with Crippen LogP contribution in [0.5, 0.6) is 0 Å². The van der Waals surface area contributed by atoms with Crippen LogP contribution in [0.4, 0.5) is 0 Å². The molecule has 1 amide bonds. The van der Waals surface area contributed by atoms with Crippen molar-refractivity contribution in [2.45, 2.75) is 18.0 Å². The number of hydrogen-bond acceptors (Lipinski definition) is 5. The van der Waals surface area contributed by atoms with E-state index in [0.29, 0.717) is 20.3 Å². The quantitative estimate of drug-likeness (QED) is 0.260. The van der Waals surface area contributed by atoms with Crippen molar-refractivity contribution >= 4 is 58.0 Å². The summed E-state index contributed by atoms with van der Waals surface area (Å²) in [5.74, 6) is -3.36. The minimum absolute atomic E-state index is 0.189. The van der Waals surface area contributed by atoms with Gasteiger partial charge in [0.1, 0.15) is 6.04 Å². The summed E-state index contributed by atoms with van der Waals surface area (Å²) >= 11 is 8.69. The first kappa shape index (κ1) is 25.1. The molecule has 186 valence electrons. The molecule has 1 aliphatic heterocycles. The predicted octanol–water partition coefficient (Wildman–Crippen LogP) is 6.74. The molecule has 8 heteroatoms. The summed E-state index contributed by atoms with van der Waals surface area (Å²) in [7, 11) is 0. The van der Waals surface area contributed by atoms with E-state index >= 15 is 0 Å². The van der Waals surface area contributed by atoms with Gasteiger partial charge in [0.25, 0.3) is 5.91 Å². The molecule has 4 unspecified atom stereocenters. The van der Waals surface area contributed by atoms with Crippen molar-refractivity contribution in [3.8, 4) is 0 Å². The van der Waals surface area contributed by atoms with E-state index < -0.39 is 35.8 Å². The van der Waals surface area contributed by atoms with E-state index in [-0.39, 0.29) is 5.78 Å². The predicted molar refractivity (Wildman–Crippen MR) is 148 cm³/mol. The molecular weight excluding hydrogens is 526 g/mol. The van der Waals surface area contributed by atoms with Gasteiger partial charge < -0.3 is 10.0 Å². The third-order valence-electron chi connectivity index (χ3n) is 6.54. The number of benzene rings is 2. The number of ketones is 1. The summed E-state index contributed by atoms with van der Waals surface area (Å²) in [6.07, 6.45) is 3.64. The van der Waals surface area contributed by atoms with E-state index in [1.165, 1.54) is 27.6 Å². The van der Waals surface area contributed by atoms with Crippen LogP contribution in [0.15, 0.2) is 95.7 Å². The third-order valence-corrected chi connectivity index (χ3v) is 8.54. The van der Waals surface area contributed by atoms with Crippen LogP contribution in [0, 0.1) is 5.92 Å². The average Bonchev–Trinajstić information content (AvgIpc) is 3.68. The Balaban J connectivity index is 1.71. The number of thiophene rings is 2. The summed E-state index contributed by atoms with van der Waals surface area (Å²) in [6, 6.07) is 21.3.